The highest BCUT2D eigenvalue weighted by atomic mass is 32.1. The number of likely N-dealkylation sites (N-methyl/N-ethyl adjacent to an activating group) is 1. The van der Waals surface area contributed by atoms with Gasteiger partial charge in [-0.25, -0.2) is 0 Å². The van der Waals surface area contributed by atoms with Crippen LogP contribution in [0.15, 0.2) is 18.3 Å². The number of hydrogen-bond donors (Lipinski definition) is 2. The number of aromatic amines is 1. The van der Waals surface area contributed by atoms with Crippen LogP contribution in [0, 0.1) is 0 Å². The lowest BCUT2D eigenvalue weighted by atomic mass is 10.1. The maximum Gasteiger partial charge on any atom is 0.0997 e. The lowest BCUT2D eigenvalue weighted by Crippen LogP contribution is -2.23. The average Bonchev–Trinajstić information content (AvgIpc) is 2.99. The Hall–Kier alpha value is -1.20. The zero-order valence-corrected chi connectivity index (χ0v) is 11.0. The second kappa shape index (κ2) is 5.93. The van der Waals surface area contributed by atoms with Crippen molar-refractivity contribution in [3.05, 3.63) is 33.8 Å². The minimum absolute atomic E-state index is 0.252. The summed E-state index contributed by atoms with van der Waals surface area (Å²) in [4.78, 5) is 2.84. The molecule has 0 radical (unpaired) electrons. The first kappa shape index (κ1) is 12.3. The van der Waals surface area contributed by atoms with Gasteiger partial charge in [-0.15, -0.1) is 11.3 Å². The molecule has 1 unspecified atom stereocenters. The summed E-state index contributed by atoms with van der Waals surface area (Å²) in [6.07, 6.45) is 3.88. The number of nitrogens with zero attached hydrogens (tertiary/aromatic N) is 2. The monoisotopic (exact) mass is 250 g/mol. The fourth-order valence-corrected chi connectivity index (χ4v) is 2.83. The molecule has 0 aliphatic carbocycles. The molecule has 17 heavy (non-hydrogen) atoms. The molecule has 5 heteroatoms. The first-order valence-corrected chi connectivity index (χ1v) is 6.81. The number of aromatic nitrogens is 3. The minimum atomic E-state index is 0.252. The third kappa shape index (κ3) is 3.14. The second-order valence-electron chi connectivity index (χ2n) is 3.93. The molecule has 0 spiro atoms. The SMILES string of the molecule is CCNC(Cc1ccc(CC)s1)c1cn[nH]n1. The van der Waals surface area contributed by atoms with Crippen molar-refractivity contribution in [2.45, 2.75) is 32.7 Å². The van der Waals surface area contributed by atoms with Crippen molar-refractivity contribution in [3.8, 4) is 0 Å². The Labute approximate surface area is 105 Å². The van der Waals surface area contributed by atoms with E-state index in [1.807, 2.05) is 11.3 Å². The predicted molar refractivity (Wildman–Crippen MR) is 70.2 cm³/mol. The summed E-state index contributed by atoms with van der Waals surface area (Å²) in [5.74, 6) is 0. The summed E-state index contributed by atoms with van der Waals surface area (Å²) in [7, 11) is 0. The molecule has 92 valence electrons. The highest BCUT2D eigenvalue weighted by Crippen LogP contribution is 2.22. The molecule has 0 saturated carbocycles. The van der Waals surface area contributed by atoms with E-state index >= 15 is 0 Å². The molecule has 0 fully saturated rings. The van der Waals surface area contributed by atoms with Crippen molar-refractivity contribution in [1.82, 2.24) is 20.7 Å². The maximum absolute atomic E-state index is 4.16. The number of nitrogens with one attached hydrogen (secondary N) is 2. The van der Waals surface area contributed by atoms with Gasteiger partial charge in [0.05, 0.1) is 17.9 Å². The summed E-state index contributed by atoms with van der Waals surface area (Å²) in [5, 5.41) is 14.2. The van der Waals surface area contributed by atoms with Crippen LogP contribution in [0.4, 0.5) is 0 Å². The topological polar surface area (TPSA) is 53.6 Å². The van der Waals surface area contributed by atoms with Gasteiger partial charge in [0.1, 0.15) is 0 Å². The largest absolute Gasteiger partial charge is 0.308 e. The van der Waals surface area contributed by atoms with Crippen molar-refractivity contribution in [3.63, 3.8) is 0 Å². The highest BCUT2D eigenvalue weighted by Gasteiger charge is 2.14. The number of aryl methyl sites for hydroxylation is 1. The van der Waals surface area contributed by atoms with Gasteiger partial charge in [-0.2, -0.15) is 15.4 Å². The molecule has 0 aliphatic rings. The van der Waals surface area contributed by atoms with Crippen molar-refractivity contribution in [1.29, 1.82) is 0 Å². The van der Waals surface area contributed by atoms with E-state index in [4.69, 9.17) is 0 Å². The molecule has 0 aliphatic heterocycles. The third-order valence-corrected chi connectivity index (χ3v) is 3.96. The molecule has 4 nitrogen and oxygen atoms in total. The van der Waals surface area contributed by atoms with E-state index in [0.29, 0.717) is 0 Å². The van der Waals surface area contributed by atoms with E-state index in [2.05, 4.69) is 46.7 Å². The molecule has 0 saturated heterocycles. The van der Waals surface area contributed by atoms with E-state index in [-0.39, 0.29) is 6.04 Å². The van der Waals surface area contributed by atoms with Gasteiger partial charge >= 0.3 is 0 Å². The summed E-state index contributed by atoms with van der Waals surface area (Å²) in [6.45, 7) is 5.23. The first-order valence-electron chi connectivity index (χ1n) is 6.00. The van der Waals surface area contributed by atoms with Crippen LogP contribution >= 0.6 is 11.3 Å². The molecule has 2 N–H and O–H groups in total. The van der Waals surface area contributed by atoms with E-state index in [0.717, 1.165) is 25.1 Å². The smallest absolute Gasteiger partial charge is 0.0997 e. The number of H-pyrrole nitrogens is 1. The minimum Gasteiger partial charge on any atom is -0.308 e. The van der Waals surface area contributed by atoms with Crippen LogP contribution in [-0.2, 0) is 12.8 Å². The van der Waals surface area contributed by atoms with Crippen molar-refractivity contribution < 1.29 is 0 Å². The Morgan fingerprint density at radius 3 is 2.76 bits per heavy atom. The Morgan fingerprint density at radius 2 is 2.18 bits per heavy atom. The zero-order chi connectivity index (χ0) is 12.1. The third-order valence-electron chi connectivity index (χ3n) is 2.71. The lowest BCUT2D eigenvalue weighted by molar-refractivity contribution is 0.539. The Bertz CT molecular complexity index is 435. The van der Waals surface area contributed by atoms with Gasteiger partial charge in [-0.05, 0) is 25.1 Å². The second-order valence-corrected chi connectivity index (χ2v) is 5.18. The van der Waals surface area contributed by atoms with Crippen LogP contribution in [0.25, 0.3) is 0 Å². The average molecular weight is 250 g/mol. The van der Waals surface area contributed by atoms with Gasteiger partial charge in [0.15, 0.2) is 0 Å². The van der Waals surface area contributed by atoms with Gasteiger partial charge < -0.3 is 5.32 Å². The molecule has 0 bridgehead atoms. The van der Waals surface area contributed by atoms with Gasteiger partial charge in [0.25, 0.3) is 0 Å². The molecule has 0 amide bonds. The van der Waals surface area contributed by atoms with Crippen LogP contribution in [-0.4, -0.2) is 22.0 Å². The molecule has 2 aromatic heterocycles. The molecule has 2 aromatic rings. The summed E-state index contributed by atoms with van der Waals surface area (Å²) in [6, 6.07) is 4.68. The normalized spacial score (nSPS) is 12.8. The highest BCUT2D eigenvalue weighted by molar-refractivity contribution is 7.11. The maximum atomic E-state index is 4.16. The molecule has 0 aromatic carbocycles. The summed E-state index contributed by atoms with van der Waals surface area (Å²) < 4.78 is 0. The molecular weight excluding hydrogens is 232 g/mol. The van der Waals surface area contributed by atoms with Gasteiger partial charge in [0.2, 0.25) is 0 Å². The van der Waals surface area contributed by atoms with Crippen LogP contribution < -0.4 is 5.32 Å². The zero-order valence-electron chi connectivity index (χ0n) is 10.2. The Balaban J connectivity index is 2.07. The fraction of sp³-hybridized carbons (Fsp3) is 0.500. The van der Waals surface area contributed by atoms with E-state index < -0.39 is 0 Å². The van der Waals surface area contributed by atoms with Crippen LogP contribution in [0.5, 0.6) is 0 Å². The quantitative estimate of drug-likeness (QED) is 0.827. The number of thiophene rings is 1. The van der Waals surface area contributed by atoms with Gasteiger partial charge in [-0.3, -0.25) is 0 Å². The summed E-state index contributed by atoms with van der Waals surface area (Å²) >= 11 is 1.89. The summed E-state index contributed by atoms with van der Waals surface area (Å²) in [5.41, 5.74) is 0.985. The lowest BCUT2D eigenvalue weighted by Gasteiger charge is -2.13. The standard InChI is InChI=1S/C12H18N4S/c1-3-9-5-6-10(17-9)7-11(13-4-2)12-8-14-16-15-12/h5-6,8,11,13H,3-4,7H2,1-2H3,(H,14,15,16). The van der Waals surface area contributed by atoms with Crippen LogP contribution in [0.3, 0.4) is 0 Å². The van der Waals surface area contributed by atoms with Crippen molar-refractivity contribution >= 4 is 11.3 Å². The predicted octanol–water partition coefficient (Wildman–Crippen LogP) is 2.32. The van der Waals surface area contributed by atoms with E-state index in [1.54, 1.807) is 6.20 Å². The Morgan fingerprint density at radius 1 is 1.35 bits per heavy atom. The van der Waals surface area contributed by atoms with Crippen LogP contribution in [0.2, 0.25) is 0 Å². The van der Waals surface area contributed by atoms with Gasteiger partial charge in [-0.1, -0.05) is 13.8 Å². The first-order chi connectivity index (χ1) is 8.33. The van der Waals surface area contributed by atoms with E-state index in [1.165, 1.54) is 9.75 Å². The van der Waals surface area contributed by atoms with E-state index in [9.17, 15) is 0 Å². The molecule has 2 rings (SSSR count). The molecule has 1 atom stereocenters. The van der Waals surface area contributed by atoms with Crippen molar-refractivity contribution in [2.24, 2.45) is 0 Å². The van der Waals surface area contributed by atoms with Crippen molar-refractivity contribution in [2.75, 3.05) is 6.54 Å². The molecular formula is C12H18N4S. The number of hydrogen-bond acceptors (Lipinski definition) is 4. The van der Waals surface area contributed by atoms with Crippen LogP contribution in [0.1, 0.15) is 35.3 Å². The van der Waals surface area contributed by atoms with Gasteiger partial charge in [0, 0.05) is 16.2 Å². The Kier molecular flexibility index (Phi) is 4.28. The number of rotatable bonds is 6. The fourth-order valence-electron chi connectivity index (χ4n) is 1.83. The molecule has 2 heterocycles.